The molecular formula is C15H23N3O2. The molecule has 1 heterocycles. The minimum Gasteiger partial charge on any atom is -0.335 e. The molecule has 1 aromatic heterocycles. The molecule has 0 amide bonds. The van der Waals surface area contributed by atoms with Gasteiger partial charge in [0.25, 0.3) is 5.56 Å². The fourth-order valence-corrected chi connectivity index (χ4v) is 3.70. The molecule has 0 saturated heterocycles. The Hall–Kier alpha value is -1.52. The predicted octanol–water partition coefficient (Wildman–Crippen LogP) is 1.50. The maximum Gasteiger partial charge on any atom is 0.349 e. The van der Waals surface area contributed by atoms with Crippen molar-refractivity contribution in [3.8, 4) is 0 Å². The molecule has 0 aromatic carbocycles. The van der Waals surface area contributed by atoms with Crippen LogP contribution in [0, 0.1) is 0 Å². The number of hydrogen-bond acceptors (Lipinski definition) is 3. The van der Waals surface area contributed by atoms with E-state index in [4.69, 9.17) is 5.84 Å². The summed E-state index contributed by atoms with van der Waals surface area (Å²) in [6, 6.07) is 0.0380. The number of hydrogen-bond donors (Lipinski definition) is 1. The van der Waals surface area contributed by atoms with Crippen LogP contribution in [0.3, 0.4) is 0 Å². The summed E-state index contributed by atoms with van der Waals surface area (Å²) in [6.45, 7) is 0. The SMILES string of the molecule is Nn1c2c(c(=O)n(C3CCCCCCC3)c1=O)CCC2. The lowest BCUT2D eigenvalue weighted by Crippen LogP contribution is -2.47. The van der Waals surface area contributed by atoms with Gasteiger partial charge in [-0.15, -0.1) is 0 Å². The van der Waals surface area contributed by atoms with Crippen LogP contribution < -0.4 is 17.1 Å². The maximum atomic E-state index is 12.6. The van der Waals surface area contributed by atoms with Gasteiger partial charge in [0.15, 0.2) is 0 Å². The summed E-state index contributed by atoms with van der Waals surface area (Å²) in [5, 5.41) is 0. The fourth-order valence-electron chi connectivity index (χ4n) is 3.70. The molecule has 0 radical (unpaired) electrons. The van der Waals surface area contributed by atoms with E-state index in [1.54, 1.807) is 0 Å². The van der Waals surface area contributed by atoms with Crippen molar-refractivity contribution in [1.29, 1.82) is 0 Å². The summed E-state index contributed by atoms with van der Waals surface area (Å²) >= 11 is 0. The van der Waals surface area contributed by atoms with Gasteiger partial charge in [-0.25, -0.2) is 9.47 Å². The van der Waals surface area contributed by atoms with Crippen LogP contribution in [-0.2, 0) is 12.8 Å². The zero-order valence-corrected chi connectivity index (χ0v) is 11.9. The van der Waals surface area contributed by atoms with Crippen LogP contribution in [-0.4, -0.2) is 9.24 Å². The van der Waals surface area contributed by atoms with E-state index in [-0.39, 0.29) is 17.3 Å². The molecule has 2 N–H and O–H groups in total. The number of nitrogens with two attached hydrogens (primary N) is 1. The maximum absolute atomic E-state index is 12.6. The second-order valence-corrected chi connectivity index (χ2v) is 6.11. The average molecular weight is 277 g/mol. The van der Waals surface area contributed by atoms with Crippen molar-refractivity contribution >= 4 is 0 Å². The molecule has 0 spiro atoms. The predicted molar refractivity (Wildman–Crippen MR) is 78.5 cm³/mol. The van der Waals surface area contributed by atoms with Crippen molar-refractivity contribution in [3.05, 3.63) is 32.1 Å². The van der Waals surface area contributed by atoms with E-state index in [1.165, 1.54) is 28.5 Å². The molecule has 1 saturated carbocycles. The Balaban J connectivity index is 2.06. The minimum absolute atomic E-state index is 0.0380. The second kappa shape index (κ2) is 5.46. The Morgan fingerprint density at radius 2 is 1.55 bits per heavy atom. The summed E-state index contributed by atoms with van der Waals surface area (Å²) in [5.74, 6) is 5.92. The lowest BCUT2D eigenvalue weighted by atomic mass is 9.96. The third kappa shape index (κ3) is 2.19. The second-order valence-electron chi connectivity index (χ2n) is 6.11. The van der Waals surface area contributed by atoms with Crippen molar-refractivity contribution in [2.24, 2.45) is 0 Å². The largest absolute Gasteiger partial charge is 0.349 e. The fraction of sp³-hybridized carbons (Fsp3) is 0.733. The first-order chi connectivity index (χ1) is 9.70. The molecule has 2 aliphatic rings. The van der Waals surface area contributed by atoms with Crippen LogP contribution in [0.2, 0.25) is 0 Å². The van der Waals surface area contributed by atoms with Crippen LogP contribution in [0.15, 0.2) is 9.59 Å². The van der Waals surface area contributed by atoms with Gasteiger partial charge >= 0.3 is 5.69 Å². The molecule has 2 aliphatic carbocycles. The van der Waals surface area contributed by atoms with Gasteiger partial charge in [0, 0.05) is 11.6 Å². The first-order valence-corrected chi connectivity index (χ1v) is 7.84. The zero-order valence-electron chi connectivity index (χ0n) is 11.9. The van der Waals surface area contributed by atoms with Crippen LogP contribution in [0.4, 0.5) is 0 Å². The summed E-state index contributed by atoms with van der Waals surface area (Å²) in [7, 11) is 0. The van der Waals surface area contributed by atoms with Crippen LogP contribution in [0.1, 0.15) is 68.7 Å². The molecular weight excluding hydrogens is 254 g/mol. The Morgan fingerprint density at radius 3 is 2.25 bits per heavy atom. The van der Waals surface area contributed by atoms with E-state index in [9.17, 15) is 9.59 Å². The third-order valence-electron chi connectivity index (χ3n) is 4.81. The van der Waals surface area contributed by atoms with Crippen molar-refractivity contribution in [2.75, 3.05) is 5.84 Å². The number of aromatic nitrogens is 2. The van der Waals surface area contributed by atoms with Crippen LogP contribution in [0.5, 0.6) is 0 Å². The summed E-state index contributed by atoms with van der Waals surface area (Å²) < 4.78 is 2.68. The third-order valence-corrected chi connectivity index (χ3v) is 4.81. The van der Waals surface area contributed by atoms with Gasteiger partial charge in [-0.3, -0.25) is 9.36 Å². The first-order valence-electron chi connectivity index (χ1n) is 7.84. The Morgan fingerprint density at radius 1 is 0.900 bits per heavy atom. The highest BCUT2D eigenvalue weighted by Gasteiger charge is 2.25. The molecule has 5 nitrogen and oxygen atoms in total. The highest BCUT2D eigenvalue weighted by molar-refractivity contribution is 5.23. The average Bonchev–Trinajstić information content (AvgIpc) is 2.88. The molecule has 3 rings (SSSR count). The van der Waals surface area contributed by atoms with Gasteiger partial charge in [0.05, 0.1) is 5.69 Å². The molecule has 110 valence electrons. The van der Waals surface area contributed by atoms with E-state index >= 15 is 0 Å². The van der Waals surface area contributed by atoms with Crippen molar-refractivity contribution < 1.29 is 0 Å². The number of fused-ring (bicyclic) bond motifs is 1. The van der Waals surface area contributed by atoms with Gasteiger partial charge < -0.3 is 5.84 Å². The highest BCUT2D eigenvalue weighted by Crippen LogP contribution is 2.25. The van der Waals surface area contributed by atoms with E-state index in [0.717, 1.165) is 56.2 Å². The Kier molecular flexibility index (Phi) is 3.68. The molecule has 0 bridgehead atoms. The van der Waals surface area contributed by atoms with Gasteiger partial charge in [0.2, 0.25) is 0 Å². The Bertz CT molecular complexity index is 607. The van der Waals surface area contributed by atoms with E-state index < -0.39 is 0 Å². The lowest BCUT2D eigenvalue weighted by Gasteiger charge is -2.23. The first kappa shape index (κ1) is 13.5. The van der Waals surface area contributed by atoms with Gasteiger partial charge in [0.1, 0.15) is 0 Å². The smallest absolute Gasteiger partial charge is 0.335 e. The van der Waals surface area contributed by atoms with Gasteiger partial charge in [-0.2, -0.15) is 0 Å². The molecule has 20 heavy (non-hydrogen) atoms. The van der Waals surface area contributed by atoms with Crippen molar-refractivity contribution in [3.63, 3.8) is 0 Å². The zero-order chi connectivity index (χ0) is 14.1. The monoisotopic (exact) mass is 277 g/mol. The van der Waals surface area contributed by atoms with E-state index in [0.29, 0.717) is 0 Å². The molecule has 0 unspecified atom stereocenters. The van der Waals surface area contributed by atoms with Gasteiger partial charge in [-0.05, 0) is 32.1 Å². The quantitative estimate of drug-likeness (QED) is 0.791. The van der Waals surface area contributed by atoms with E-state index in [2.05, 4.69) is 0 Å². The standard InChI is InChI=1S/C15H23N3O2/c16-18-13-10-6-9-12(13)14(19)17(15(18)20)11-7-4-2-1-3-5-8-11/h11H,1-10,16H2. The molecule has 0 atom stereocenters. The number of rotatable bonds is 1. The van der Waals surface area contributed by atoms with Gasteiger partial charge in [-0.1, -0.05) is 32.1 Å². The molecule has 1 fully saturated rings. The molecule has 0 aliphatic heterocycles. The molecule has 5 heteroatoms. The summed E-state index contributed by atoms with van der Waals surface area (Å²) in [6.07, 6.45) is 10.2. The van der Waals surface area contributed by atoms with Crippen LogP contribution >= 0.6 is 0 Å². The minimum atomic E-state index is -0.318. The topological polar surface area (TPSA) is 70.0 Å². The summed E-state index contributed by atoms with van der Waals surface area (Å²) in [5.41, 5.74) is 1.13. The van der Waals surface area contributed by atoms with Crippen molar-refractivity contribution in [1.82, 2.24) is 9.24 Å². The Labute approximate surface area is 118 Å². The van der Waals surface area contributed by atoms with Crippen LogP contribution in [0.25, 0.3) is 0 Å². The number of nitrogen functional groups attached to an aromatic ring is 1. The van der Waals surface area contributed by atoms with Crippen molar-refractivity contribution in [2.45, 2.75) is 70.3 Å². The lowest BCUT2D eigenvalue weighted by molar-refractivity contribution is 0.349. The normalized spacial score (nSPS) is 20.4. The van der Waals surface area contributed by atoms with E-state index in [1.807, 2.05) is 0 Å². The number of nitrogens with zero attached hydrogens (tertiary/aromatic N) is 2. The highest BCUT2D eigenvalue weighted by atomic mass is 16.2. The molecule has 1 aromatic rings. The summed E-state index contributed by atoms with van der Waals surface area (Å²) in [4.78, 5) is 25.1.